The summed E-state index contributed by atoms with van der Waals surface area (Å²) in [6.45, 7) is 4.02. The molecule has 2 N–H and O–H groups in total. The van der Waals surface area contributed by atoms with Crippen molar-refractivity contribution in [2.24, 2.45) is 5.73 Å². The number of thiazole rings is 1. The Morgan fingerprint density at radius 1 is 1.29 bits per heavy atom. The lowest BCUT2D eigenvalue weighted by atomic mass is 10.1. The van der Waals surface area contributed by atoms with Crippen molar-refractivity contribution in [3.05, 3.63) is 46.4 Å². The zero-order valence-electron chi connectivity index (χ0n) is 10.0. The molecule has 0 unspecified atom stereocenters. The van der Waals surface area contributed by atoms with Crippen LogP contribution in [0.4, 0.5) is 0 Å². The van der Waals surface area contributed by atoms with E-state index in [0.29, 0.717) is 0 Å². The van der Waals surface area contributed by atoms with Crippen LogP contribution in [0.5, 0.6) is 0 Å². The molecule has 2 aromatic rings. The zero-order chi connectivity index (χ0) is 12.3. The lowest BCUT2D eigenvalue weighted by Gasteiger charge is -2.14. The van der Waals surface area contributed by atoms with E-state index in [4.69, 9.17) is 5.73 Å². The topological polar surface area (TPSA) is 38.9 Å². The molecule has 0 bridgehead atoms. The highest BCUT2D eigenvalue weighted by molar-refractivity contribution is 7.98. The van der Waals surface area contributed by atoms with Gasteiger partial charge in [-0.25, -0.2) is 4.98 Å². The molecule has 0 atom stereocenters. The fraction of sp³-hybridized carbons (Fsp3) is 0.308. The summed E-state index contributed by atoms with van der Waals surface area (Å²) in [6, 6.07) is 10.4. The van der Waals surface area contributed by atoms with Gasteiger partial charge >= 0.3 is 0 Å². The van der Waals surface area contributed by atoms with E-state index >= 15 is 0 Å². The van der Waals surface area contributed by atoms with Crippen LogP contribution in [-0.4, -0.2) is 4.98 Å². The van der Waals surface area contributed by atoms with Crippen molar-refractivity contribution in [3.8, 4) is 0 Å². The van der Waals surface area contributed by atoms with Gasteiger partial charge in [-0.3, -0.25) is 0 Å². The molecule has 1 heterocycles. The Bertz CT molecular complexity index is 472. The summed E-state index contributed by atoms with van der Waals surface area (Å²) < 4.78 is 0. The average molecular weight is 264 g/mol. The minimum atomic E-state index is -0.284. The first-order chi connectivity index (χ1) is 8.05. The molecule has 0 saturated carbocycles. The lowest BCUT2D eigenvalue weighted by Crippen LogP contribution is -2.27. The molecule has 17 heavy (non-hydrogen) atoms. The summed E-state index contributed by atoms with van der Waals surface area (Å²) >= 11 is 3.51. The summed E-state index contributed by atoms with van der Waals surface area (Å²) in [5.41, 5.74) is 5.76. The Labute approximate surface area is 110 Å². The first kappa shape index (κ1) is 12.6. The fourth-order valence-corrected chi connectivity index (χ4v) is 3.19. The minimum absolute atomic E-state index is 0.284. The maximum Gasteiger partial charge on any atom is 0.103 e. The maximum absolute atomic E-state index is 6.04. The first-order valence-electron chi connectivity index (χ1n) is 5.47. The van der Waals surface area contributed by atoms with Crippen LogP contribution < -0.4 is 5.73 Å². The Kier molecular flexibility index (Phi) is 3.86. The smallest absolute Gasteiger partial charge is 0.103 e. The van der Waals surface area contributed by atoms with Gasteiger partial charge < -0.3 is 5.73 Å². The molecule has 0 aliphatic rings. The zero-order valence-corrected chi connectivity index (χ0v) is 11.6. The monoisotopic (exact) mass is 264 g/mol. The minimum Gasteiger partial charge on any atom is -0.321 e. The van der Waals surface area contributed by atoms with Gasteiger partial charge in [0.15, 0.2) is 0 Å². The van der Waals surface area contributed by atoms with Crippen molar-refractivity contribution in [3.63, 3.8) is 0 Å². The van der Waals surface area contributed by atoms with Crippen LogP contribution in [0.3, 0.4) is 0 Å². The van der Waals surface area contributed by atoms with Gasteiger partial charge in [0.2, 0.25) is 0 Å². The highest BCUT2D eigenvalue weighted by Crippen LogP contribution is 2.28. The van der Waals surface area contributed by atoms with E-state index in [2.05, 4.69) is 29.2 Å². The molecule has 1 aromatic heterocycles. The summed E-state index contributed by atoms with van der Waals surface area (Å²) in [4.78, 5) is 6.83. The van der Waals surface area contributed by atoms with E-state index < -0.39 is 0 Å². The van der Waals surface area contributed by atoms with Crippen molar-refractivity contribution >= 4 is 23.1 Å². The molecule has 4 heteroatoms. The number of nitrogens with two attached hydrogens (primary N) is 1. The molecule has 90 valence electrons. The molecule has 0 spiro atoms. The van der Waals surface area contributed by atoms with Crippen LogP contribution in [0, 0.1) is 0 Å². The van der Waals surface area contributed by atoms with Crippen LogP contribution in [-0.2, 0) is 11.3 Å². The average Bonchev–Trinajstić information content (AvgIpc) is 2.76. The quantitative estimate of drug-likeness (QED) is 0.857. The standard InChI is InChI=1S/C13H16N2S2/c1-13(2,14)11-8-15-12(17-11)9-16-10-6-4-3-5-7-10/h3-8H,9,14H2,1-2H3. The molecule has 0 fully saturated rings. The molecule has 0 amide bonds. The van der Waals surface area contributed by atoms with Gasteiger partial charge in [-0.05, 0) is 26.0 Å². The number of benzene rings is 1. The van der Waals surface area contributed by atoms with Gasteiger partial charge in [-0.2, -0.15) is 0 Å². The molecule has 0 radical (unpaired) electrons. The van der Waals surface area contributed by atoms with Gasteiger partial charge in [0.25, 0.3) is 0 Å². The van der Waals surface area contributed by atoms with Crippen molar-refractivity contribution < 1.29 is 0 Å². The van der Waals surface area contributed by atoms with Crippen molar-refractivity contribution in [1.29, 1.82) is 0 Å². The first-order valence-corrected chi connectivity index (χ1v) is 7.28. The normalized spacial score (nSPS) is 11.7. The third-order valence-corrected chi connectivity index (χ3v) is 4.84. The van der Waals surface area contributed by atoms with Gasteiger partial charge in [0.05, 0.1) is 5.75 Å². The predicted molar refractivity (Wildman–Crippen MR) is 75.3 cm³/mol. The number of rotatable bonds is 4. The number of hydrogen-bond donors (Lipinski definition) is 1. The van der Waals surface area contributed by atoms with Gasteiger partial charge in [0, 0.05) is 21.5 Å². The van der Waals surface area contributed by atoms with E-state index in [1.54, 1.807) is 23.1 Å². The van der Waals surface area contributed by atoms with Crippen LogP contribution in [0.1, 0.15) is 23.7 Å². The van der Waals surface area contributed by atoms with Gasteiger partial charge in [-0.15, -0.1) is 23.1 Å². The highest BCUT2D eigenvalue weighted by atomic mass is 32.2. The molecule has 0 saturated heterocycles. The number of nitrogens with zero attached hydrogens (tertiary/aromatic N) is 1. The van der Waals surface area contributed by atoms with Crippen LogP contribution in [0.25, 0.3) is 0 Å². The molecule has 1 aromatic carbocycles. The second-order valence-electron chi connectivity index (χ2n) is 4.44. The summed E-state index contributed by atoms with van der Waals surface area (Å²) in [7, 11) is 0. The van der Waals surface area contributed by atoms with Crippen LogP contribution in [0.15, 0.2) is 41.4 Å². The molecule has 2 nitrogen and oxygen atoms in total. The van der Waals surface area contributed by atoms with E-state index in [9.17, 15) is 0 Å². The second kappa shape index (κ2) is 5.21. The molecular formula is C13H16N2S2. The van der Waals surface area contributed by atoms with Gasteiger partial charge in [-0.1, -0.05) is 18.2 Å². The van der Waals surface area contributed by atoms with Crippen LogP contribution in [0.2, 0.25) is 0 Å². The third-order valence-electron chi connectivity index (χ3n) is 2.29. The second-order valence-corrected chi connectivity index (χ2v) is 6.61. The number of aromatic nitrogens is 1. The maximum atomic E-state index is 6.04. The Morgan fingerprint density at radius 2 is 2.00 bits per heavy atom. The summed E-state index contributed by atoms with van der Waals surface area (Å²) in [5.74, 6) is 0.908. The molecule has 0 aliphatic carbocycles. The van der Waals surface area contributed by atoms with Crippen molar-refractivity contribution in [1.82, 2.24) is 4.98 Å². The molecule has 0 aliphatic heterocycles. The Balaban J connectivity index is 1.99. The summed E-state index contributed by atoms with van der Waals surface area (Å²) in [6.07, 6.45) is 1.89. The molecular weight excluding hydrogens is 248 g/mol. The van der Waals surface area contributed by atoms with Crippen molar-refractivity contribution in [2.45, 2.75) is 30.0 Å². The Hall–Kier alpha value is -0.840. The number of hydrogen-bond acceptors (Lipinski definition) is 4. The highest BCUT2D eigenvalue weighted by Gasteiger charge is 2.17. The molecule has 2 rings (SSSR count). The van der Waals surface area contributed by atoms with Crippen LogP contribution >= 0.6 is 23.1 Å². The summed E-state index contributed by atoms with van der Waals surface area (Å²) in [5, 5.41) is 1.13. The van der Waals surface area contributed by atoms with Gasteiger partial charge in [0.1, 0.15) is 5.01 Å². The van der Waals surface area contributed by atoms with Crippen molar-refractivity contribution in [2.75, 3.05) is 0 Å². The largest absolute Gasteiger partial charge is 0.321 e. The Morgan fingerprint density at radius 3 is 2.59 bits per heavy atom. The SMILES string of the molecule is CC(C)(N)c1cnc(CSc2ccccc2)s1. The predicted octanol–water partition coefficient (Wildman–Crippen LogP) is 3.63. The third kappa shape index (κ3) is 3.56. The van der Waals surface area contributed by atoms with E-state index in [1.165, 1.54) is 4.90 Å². The lowest BCUT2D eigenvalue weighted by molar-refractivity contribution is 0.566. The number of thioether (sulfide) groups is 1. The van der Waals surface area contributed by atoms with E-state index in [1.807, 2.05) is 26.1 Å². The fourth-order valence-electron chi connectivity index (χ4n) is 1.34. The van der Waals surface area contributed by atoms with E-state index in [-0.39, 0.29) is 5.54 Å². The van der Waals surface area contributed by atoms with E-state index in [0.717, 1.165) is 15.6 Å².